The Morgan fingerprint density at radius 1 is 1.17 bits per heavy atom. The molecule has 2 aromatic rings. The highest BCUT2D eigenvalue weighted by Crippen LogP contribution is 2.33. The van der Waals surface area contributed by atoms with Crippen LogP contribution in [0.1, 0.15) is 35.0 Å². The van der Waals surface area contributed by atoms with Gasteiger partial charge in [-0.15, -0.1) is 11.3 Å². The molecule has 0 saturated carbocycles. The van der Waals surface area contributed by atoms with E-state index in [4.69, 9.17) is 0 Å². The Kier molecular flexibility index (Phi) is 4.49. The third kappa shape index (κ3) is 2.73. The monoisotopic (exact) mass is 342 g/mol. The van der Waals surface area contributed by atoms with Crippen LogP contribution in [0.5, 0.6) is 0 Å². The van der Waals surface area contributed by atoms with E-state index < -0.39 is 11.6 Å². The summed E-state index contributed by atoms with van der Waals surface area (Å²) in [5.41, 5.74) is -0.334. The molecule has 1 unspecified atom stereocenters. The number of carbonyl (C=O) groups is 3. The largest absolute Gasteiger partial charge is 0.325 e. The number of ketones is 1. The van der Waals surface area contributed by atoms with Crippen LogP contribution < -0.4 is 5.32 Å². The Morgan fingerprint density at radius 3 is 2.54 bits per heavy atom. The van der Waals surface area contributed by atoms with E-state index in [0.29, 0.717) is 11.3 Å². The van der Waals surface area contributed by atoms with E-state index in [2.05, 4.69) is 5.32 Å². The number of urea groups is 1. The number of carbonyl (C=O) groups excluding carboxylic acids is 3. The minimum absolute atomic E-state index is 0.228. The highest BCUT2D eigenvalue weighted by Gasteiger charge is 2.52. The number of benzene rings is 1. The van der Waals surface area contributed by atoms with Gasteiger partial charge in [0.25, 0.3) is 5.91 Å². The smallest absolute Gasteiger partial charge is 0.319 e. The molecule has 3 amide bonds. The van der Waals surface area contributed by atoms with Crippen LogP contribution in [0, 0.1) is 0 Å². The molecule has 1 aliphatic rings. The fourth-order valence-corrected chi connectivity index (χ4v) is 3.69. The van der Waals surface area contributed by atoms with Gasteiger partial charge in [-0.05, 0) is 23.4 Å². The van der Waals surface area contributed by atoms with E-state index in [1.807, 2.05) is 37.3 Å². The van der Waals surface area contributed by atoms with E-state index in [1.165, 1.54) is 11.3 Å². The fourth-order valence-electron chi connectivity index (χ4n) is 3.04. The molecule has 24 heavy (non-hydrogen) atoms. The molecule has 0 bridgehead atoms. The molecule has 0 aliphatic carbocycles. The number of thiophene rings is 1. The maximum atomic E-state index is 13.0. The van der Waals surface area contributed by atoms with Crippen molar-refractivity contribution in [3.63, 3.8) is 0 Å². The first-order valence-corrected chi connectivity index (χ1v) is 8.73. The molecular formula is C18H18N2O3S. The van der Waals surface area contributed by atoms with E-state index in [-0.39, 0.29) is 18.2 Å². The van der Waals surface area contributed by atoms with Gasteiger partial charge < -0.3 is 5.32 Å². The van der Waals surface area contributed by atoms with Gasteiger partial charge in [-0.1, -0.05) is 49.7 Å². The highest BCUT2D eigenvalue weighted by molar-refractivity contribution is 7.12. The summed E-state index contributed by atoms with van der Waals surface area (Å²) in [6, 6.07) is 12.2. The quantitative estimate of drug-likeness (QED) is 0.648. The van der Waals surface area contributed by atoms with Crippen molar-refractivity contribution in [1.82, 2.24) is 10.2 Å². The Balaban J connectivity index is 1.90. The van der Waals surface area contributed by atoms with Crippen molar-refractivity contribution < 1.29 is 14.4 Å². The number of rotatable bonds is 6. The molecule has 0 spiro atoms. The Morgan fingerprint density at radius 2 is 1.92 bits per heavy atom. The predicted octanol–water partition coefficient (Wildman–Crippen LogP) is 3.18. The average molecular weight is 342 g/mol. The molecule has 1 saturated heterocycles. The summed E-state index contributed by atoms with van der Waals surface area (Å²) in [6.45, 7) is 1.73. The normalized spacial score (nSPS) is 20.3. The Labute approximate surface area is 144 Å². The summed E-state index contributed by atoms with van der Waals surface area (Å²) in [4.78, 5) is 39.3. The van der Waals surface area contributed by atoms with E-state index in [0.717, 1.165) is 16.9 Å². The summed E-state index contributed by atoms with van der Waals surface area (Å²) < 4.78 is 0. The summed E-state index contributed by atoms with van der Waals surface area (Å²) in [6.07, 6.45) is 1.22. The van der Waals surface area contributed by atoms with Gasteiger partial charge in [-0.2, -0.15) is 0 Å². The lowest BCUT2D eigenvalue weighted by Gasteiger charge is -2.26. The van der Waals surface area contributed by atoms with Crippen LogP contribution in [0.3, 0.4) is 0 Å². The molecule has 6 heteroatoms. The fraction of sp³-hybridized carbons (Fsp3) is 0.278. The average Bonchev–Trinajstić information content (AvgIpc) is 3.20. The molecular weight excluding hydrogens is 324 g/mol. The Hall–Kier alpha value is -2.47. The first kappa shape index (κ1) is 16.4. The summed E-state index contributed by atoms with van der Waals surface area (Å²) in [5, 5.41) is 4.62. The van der Waals surface area contributed by atoms with Crippen molar-refractivity contribution in [2.24, 2.45) is 0 Å². The van der Waals surface area contributed by atoms with Crippen LogP contribution in [0.2, 0.25) is 0 Å². The van der Waals surface area contributed by atoms with Gasteiger partial charge in [0.1, 0.15) is 5.54 Å². The summed E-state index contributed by atoms with van der Waals surface area (Å²) in [7, 11) is 0. The number of hydrogen-bond acceptors (Lipinski definition) is 4. The van der Waals surface area contributed by atoms with Crippen LogP contribution in [-0.2, 0) is 10.3 Å². The lowest BCUT2D eigenvalue weighted by molar-refractivity contribution is -0.131. The zero-order valence-corrected chi connectivity index (χ0v) is 14.1. The van der Waals surface area contributed by atoms with Crippen molar-refractivity contribution in [3.05, 3.63) is 58.3 Å². The van der Waals surface area contributed by atoms with Crippen LogP contribution in [0.25, 0.3) is 0 Å². The second-order valence-corrected chi connectivity index (χ2v) is 6.69. The standard InChI is InChI=1S/C18H18N2O3S/c1-2-10-18(13-7-4-3-5-8-13)16(22)20(17(23)19-18)12-14(21)15-9-6-11-24-15/h3-9,11H,2,10,12H2,1H3,(H,19,23). The third-order valence-corrected chi connectivity index (χ3v) is 5.08. The number of nitrogens with zero attached hydrogens (tertiary/aromatic N) is 1. The molecule has 0 radical (unpaired) electrons. The van der Waals surface area contributed by atoms with Crippen LogP contribution >= 0.6 is 11.3 Å². The Bertz CT molecular complexity index is 758. The van der Waals surface area contributed by atoms with E-state index in [1.54, 1.807) is 17.5 Å². The van der Waals surface area contributed by atoms with Gasteiger partial charge in [0.15, 0.2) is 5.78 Å². The van der Waals surface area contributed by atoms with E-state index in [9.17, 15) is 14.4 Å². The lowest BCUT2D eigenvalue weighted by atomic mass is 9.85. The maximum Gasteiger partial charge on any atom is 0.325 e. The summed E-state index contributed by atoms with van der Waals surface area (Å²) in [5.74, 6) is -0.584. The molecule has 5 nitrogen and oxygen atoms in total. The number of hydrogen-bond donors (Lipinski definition) is 1. The maximum absolute atomic E-state index is 13.0. The molecule has 1 aliphatic heterocycles. The van der Waals surface area contributed by atoms with Crippen LogP contribution in [0.4, 0.5) is 4.79 Å². The zero-order chi connectivity index (χ0) is 17.2. The summed E-state index contributed by atoms with van der Waals surface area (Å²) >= 11 is 1.30. The van der Waals surface area contributed by atoms with Gasteiger partial charge in [0.2, 0.25) is 0 Å². The third-order valence-electron chi connectivity index (χ3n) is 4.17. The van der Waals surface area contributed by atoms with Crippen molar-refractivity contribution in [2.75, 3.05) is 6.54 Å². The van der Waals surface area contributed by atoms with Crippen LogP contribution in [0.15, 0.2) is 47.8 Å². The highest BCUT2D eigenvalue weighted by atomic mass is 32.1. The minimum atomic E-state index is -1.08. The van der Waals surface area contributed by atoms with Gasteiger partial charge in [-0.25, -0.2) is 4.79 Å². The number of amides is 3. The zero-order valence-electron chi connectivity index (χ0n) is 13.3. The van der Waals surface area contributed by atoms with Gasteiger partial charge in [0, 0.05) is 0 Å². The molecule has 1 N–H and O–H groups in total. The molecule has 2 heterocycles. The predicted molar refractivity (Wildman–Crippen MR) is 91.9 cm³/mol. The second kappa shape index (κ2) is 6.57. The molecule has 1 atom stereocenters. The van der Waals surface area contributed by atoms with Gasteiger partial charge in [0.05, 0.1) is 11.4 Å². The van der Waals surface area contributed by atoms with Gasteiger partial charge in [-0.3, -0.25) is 14.5 Å². The second-order valence-electron chi connectivity index (χ2n) is 5.74. The molecule has 1 aromatic heterocycles. The molecule has 124 valence electrons. The van der Waals surface area contributed by atoms with Crippen molar-refractivity contribution >= 4 is 29.1 Å². The van der Waals surface area contributed by atoms with Gasteiger partial charge >= 0.3 is 6.03 Å². The number of nitrogens with one attached hydrogen (secondary N) is 1. The minimum Gasteiger partial charge on any atom is -0.319 e. The van der Waals surface area contributed by atoms with Crippen LogP contribution in [-0.4, -0.2) is 29.2 Å². The molecule has 3 rings (SSSR count). The lowest BCUT2D eigenvalue weighted by Crippen LogP contribution is -2.44. The first-order chi connectivity index (χ1) is 11.6. The molecule has 1 fully saturated rings. The topological polar surface area (TPSA) is 66.5 Å². The first-order valence-electron chi connectivity index (χ1n) is 7.85. The molecule has 1 aromatic carbocycles. The van der Waals surface area contributed by atoms with Crippen molar-refractivity contribution in [3.8, 4) is 0 Å². The number of Topliss-reactive ketones (excluding diaryl/α,β-unsaturated/α-hetero) is 1. The SMILES string of the molecule is CCCC1(c2ccccc2)NC(=O)N(CC(=O)c2cccs2)C1=O. The number of imide groups is 1. The van der Waals surface area contributed by atoms with E-state index >= 15 is 0 Å². The van der Waals surface area contributed by atoms with Crippen molar-refractivity contribution in [2.45, 2.75) is 25.3 Å². The van der Waals surface area contributed by atoms with Crippen molar-refractivity contribution in [1.29, 1.82) is 0 Å².